The molecule has 0 spiro atoms. The van der Waals surface area contributed by atoms with E-state index in [0.29, 0.717) is 0 Å². The molecule has 4 rings (SSSR count). The van der Waals surface area contributed by atoms with E-state index < -0.39 is 0 Å². The number of hydrogen-bond acceptors (Lipinski definition) is 1. The first kappa shape index (κ1) is 33.1. The minimum Gasteiger partial charge on any atom is -0.248 e. The zero-order chi connectivity index (χ0) is 25.3. The van der Waals surface area contributed by atoms with Crippen LogP contribution in [0.25, 0.3) is 32.9 Å². The van der Waals surface area contributed by atoms with Crippen molar-refractivity contribution in [1.82, 2.24) is 4.98 Å². The van der Waals surface area contributed by atoms with Crippen molar-refractivity contribution in [2.24, 2.45) is 0 Å². The summed E-state index contributed by atoms with van der Waals surface area (Å²) >= 11 is 0. The Kier molecular flexibility index (Phi) is 18.3. The van der Waals surface area contributed by atoms with E-state index in [1.165, 1.54) is 71.6 Å². The number of hydrogen-bond donors (Lipinski definition) is 0. The number of pyridine rings is 1. The first-order chi connectivity index (χ1) is 16.4. The summed E-state index contributed by atoms with van der Waals surface area (Å²) in [6.07, 6.45) is 7.92. The molecule has 0 amide bonds. The monoisotopic (exact) mass is 577 g/mol. The van der Waals surface area contributed by atoms with E-state index in [-0.39, 0.29) is 23.9 Å². The Balaban J connectivity index is 0.000000753. The first-order valence-corrected chi connectivity index (χ1v) is 13.3. The summed E-state index contributed by atoms with van der Waals surface area (Å²) in [7, 11) is 0. The predicted octanol–water partition coefficient (Wildman–Crippen LogP) is 10.7. The standard InChI is InChI=1S/C21H17N.3C4H10.Sn/c1-14-9-15(2)11-19(10-14)16-7-8-18-12-17-5-3-4-6-20(17)22-21(18)13-16;3*1-3-4-2;/h3-13H,1-2H3;3*3-4H2,1-2H3;. The molecule has 188 valence electrons. The van der Waals surface area contributed by atoms with Crippen molar-refractivity contribution in [2.75, 3.05) is 0 Å². The van der Waals surface area contributed by atoms with Crippen LogP contribution in [0, 0.1) is 13.8 Å². The molecule has 0 aliphatic carbocycles. The second-order valence-electron chi connectivity index (χ2n) is 8.96. The van der Waals surface area contributed by atoms with Gasteiger partial charge in [0, 0.05) is 34.7 Å². The maximum atomic E-state index is 4.81. The summed E-state index contributed by atoms with van der Waals surface area (Å²) in [5, 5.41) is 2.38. The molecular weight excluding hydrogens is 529 g/mol. The van der Waals surface area contributed by atoms with E-state index in [1.807, 2.05) is 6.07 Å². The number of para-hydroxylation sites is 1. The number of rotatable bonds is 4. The average molecular weight is 576 g/mol. The molecule has 2 heteroatoms. The molecular formula is C33H47NSn. The van der Waals surface area contributed by atoms with Crippen LogP contribution in [0.3, 0.4) is 0 Å². The summed E-state index contributed by atoms with van der Waals surface area (Å²) < 4.78 is 0. The SMILES string of the molecule is CCCC.CCCC.CCCC.Cc1cc(C)cc(-c2ccc3cc4ccccc4nc3c2)c1.[Sn]. The Bertz CT molecular complexity index is 1060. The molecule has 4 radical (unpaired) electrons. The Labute approximate surface area is 232 Å². The van der Waals surface area contributed by atoms with Crippen molar-refractivity contribution in [1.29, 1.82) is 0 Å². The van der Waals surface area contributed by atoms with Crippen molar-refractivity contribution in [3.8, 4) is 11.1 Å². The van der Waals surface area contributed by atoms with Crippen molar-refractivity contribution < 1.29 is 0 Å². The molecule has 0 atom stereocenters. The van der Waals surface area contributed by atoms with Crippen molar-refractivity contribution in [3.63, 3.8) is 0 Å². The van der Waals surface area contributed by atoms with Crippen LogP contribution in [0.1, 0.15) is 91.2 Å². The number of aromatic nitrogens is 1. The molecule has 0 fully saturated rings. The van der Waals surface area contributed by atoms with E-state index in [2.05, 4.69) is 116 Å². The van der Waals surface area contributed by atoms with E-state index in [0.717, 1.165) is 11.0 Å². The van der Waals surface area contributed by atoms with Crippen LogP contribution in [0.2, 0.25) is 0 Å². The van der Waals surface area contributed by atoms with Crippen LogP contribution in [-0.4, -0.2) is 28.9 Å². The summed E-state index contributed by atoms with van der Waals surface area (Å²) in [6, 6.07) is 23.7. The van der Waals surface area contributed by atoms with Crippen LogP contribution >= 0.6 is 0 Å². The van der Waals surface area contributed by atoms with E-state index >= 15 is 0 Å². The molecule has 35 heavy (non-hydrogen) atoms. The largest absolute Gasteiger partial charge is 0.248 e. The normalized spacial score (nSPS) is 9.60. The van der Waals surface area contributed by atoms with E-state index in [1.54, 1.807) is 0 Å². The fourth-order valence-electron chi connectivity index (χ4n) is 3.09. The number of fused-ring (bicyclic) bond motifs is 2. The Hall–Kier alpha value is -1.87. The van der Waals surface area contributed by atoms with Crippen molar-refractivity contribution in [3.05, 3.63) is 77.9 Å². The van der Waals surface area contributed by atoms with Crippen molar-refractivity contribution in [2.45, 2.75) is 93.9 Å². The van der Waals surface area contributed by atoms with Crippen LogP contribution in [0.5, 0.6) is 0 Å². The van der Waals surface area contributed by atoms with Gasteiger partial charge in [-0.2, -0.15) is 0 Å². The maximum absolute atomic E-state index is 4.81. The van der Waals surface area contributed by atoms with Gasteiger partial charge in [-0.15, -0.1) is 0 Å². The second kappa shape index (κ2) is 19.3. The molecule has 0 bridgehead atoms. The summed E-state index contributed by atoms with van der Waals surface area (Å²) in [5.41, 5.74) is 7.17. The molecule has 0 aliphatic rings. The Morgan fingerprint density at radius 2 is 0.971 bits per heavy atom. The molecule has 0 saturated carbocycles. The molecule has 1 nitrogen and oxygen atoms in total. The third-order valence-corrected chi connectivity index (χ3v) is 5.57. The van der Waals surface area contributed by atoms with Crippen molar-refractivity contribution >= 4 is 45.7 Å². The van der Waals surface area contributed by atoms with Gasteiger partial charge in [0.25, 0.3) is 0 Å². The molecule has 1 heterocycles. The molecule has 0 aliphatic heterocycles. The summed E-state index contributed by atoms with van der Waals surface area (Å²) in [6.45, 7) is 17.4. The van der Waals surface area contributed by atoms with Gasteiger partial charge in [-0.1, -0.05) is 140 Å². The Morgan fingerprint density at radius 3 is 1.49 bits per heavy atom. The molecule has 0 unspecified atom stereocenters. The Morgan fingerprint density at radius 1 is 0.486 bits per heavy atom. The minimum absolute atomic E-state index is 0. The zero-order valence-corrected chi connectivity index (χ0v) is 26.4. The summed E-state index contributed by atoms with van der Waals surface area (Å²) in [5.74, 6) is 0. The van der Waals surface area contributed by atoms with Crippen LogP contribution in [0.15, 0.2) is 66.7 Å². The molecule has 4 aromatic rings. The van der Waals surface area contributed by atoms with Gasteiger partial charge < -0.3 is 0 Å². The van der Waals surface area contributed by atoms with Gasteiger partial charge in [-0.25, -0.2) is 4.98 Å². The molecule has 3 aromatic carbocycles. The van der Waals surface area contributed by atoms with Gasteiger partial charge in [0.15, 0.2) is 0 Å². The van der Waals surface area contributed by atoms with E-state index in [9.17, 15) is 0 Å². The van der Waals surface area contributed by atoms with Gasteiger partial charge in [-0.05, 0) is 43.2 Å². The zero-order valence-electron chi connectivity index (χ0n) is 23.5. The predicted molar refractivity (Wildman–Crippen MR) is 162 cm³/mol. The number of nitrogens with zero attached hydrogens (tertiary/aromatic N) is 1. The smallest absolute Gasteiger partial charge is 0.0715 e. The fraction of sp³-hybridized carbons (Fsp3) is 0.424. The molecule has 0 saturated heterocycles. The van der Waals surface area contributed by atoms with Gasteiger partial charge in [0.1, 0.15) is 0 Å². The quantitative estimate of drug-likeness (QED) is 0.174. The van der Waals surface area contributed by atoms with Crippen LogP contribution < -0.4 is 0 Å². The van der Waals surface area contributed by atoms with Gasteiger partial charge in [-0.3, -0.25) is 0 Å². The molecule has 1 aromatic heterocycles. The second-order valence-corrected chi connectivity index (χ2v) is 8.96. The minimum atomic E-state index is 0. The number of aryl methyl sites for hydroxylation is 2. The van der Waals surface area contributed by atoms with Gasteiger partial charge in [0.2, 0.25) is 0 Å². The van der Waals surface area contributed by atoms with Gasteiger partial charge in [0.05, 0.1) is 11.0 Å². The average Bonchev–Trinajstić information content (AvgIpc) is 2.87. The fourth-order valence-corrected chi connectivity index (χ4v) is 3.09. The van der Waals surface area contributed by atoms with Gasteiger partial charge >= 0.3 is 0 Å². The number of benzene rings is 3. The third kappa shape index (κ3) is 12.1. The first-order valence-electron chi connectivity index (χ1n) is 13.3. The number of unbranched alkanes of at least 4 members (excludes halogenated alkanes) is 3. The maximum Gasteiger partial charge on any atom is 0.0715 e. The topological polar surface area (TPSA) is 12.9 Å². The van der Waals surface area contributed by atoms with E-state index in [4.69, 9.17) is 4.98 Å². The third-order valence-electron chi connectivity index (χ3n) is 5.57. The summed E-state index contributed by atoms with van der Waals surface area (Å²) in [4.78, 5) is 4.81. The molecule has 0 N–H and O–H groups in total. The van der Waals surface area contributed by atoms with Crippen LogP contribution in [-0.2, 0) is 0 Å². The van der Waals surface area contributed by atoms with Crippen LogP contribution in [0.4, 0.5) is 0 Å².